The predicted molar refractivity (Wildman–Crippen MR) is 87.8 cm³/mol. The molecule has 1 aliphatic heterocycles. The van der Waals surface area contributed by atoms with E-state index in [0.29, 0.717) is 17.1 Å². The highest BCUT2D eigenvalue weighted by Gasteiger charge is 2.19. The molecule has 0 amide bonds. The minimum Gasteiger partial charge on any atom is -0.400 e. The van der Waals surface area contributed by atoms with Gasteiger partial charge >= 0.3 is 0 Å². The summed E-state index contributed by atoms with van der Waals surface area (Å²) in [6.45, 7) is 1.84. The van der Waals surface area contributed by atoms with Gasteiger partial charge in [0.2, 0.25) is 0 Å². The summed E-state index contributed by atoms with van der Waals surface area (Å²) in [5.41, 5.74) is 13.9. The number of aliphatic imine (C=N–C) groups is 1. The van der Waals surface area contributed by atoms with Gasteiger partial charge in [0, 0.05) is 16.1 Å². The molecule has 1 fully saturated rings. The highest BCUT2D eigenvalue weighted by Crippen LogP contribution is 2.21. The lowest BCUT2D eigenvalue weighted by Gasteiger charge is -2.24. The molecule has 0 aromatic heterocycles. The number of nitrogens with two attached hydrogens (primary N) is 2. The van der Waals surface area contributed by atoms with Crippen LogP contribution in [0.15, 0.2) is 45.1 Å². The van der Waals surface area contributed by atoms with Gasteiger partial charge in [0.05, 0.1) is 11.4 Å². The fourth-order valence-electron chi connectivity index (χ4n) is 2.28. The fraction of sp³-hybridized carbons (Fsp3) is 0.333. The number of nitrogens with one attached hydrogen (secondary N) is 1. The molecule has 0 aliphatic carbocycles. The van der Waals surface area contributed by atoms with E-state index in [-0.39, 0.29) is 11.6 Å². The van der Waals surface area contributed by atoms with Gasteiger partial charge < -0.3 is 16.8 Å². The van der Waals surface area contributed by atoms with Gasteiger partial charge in [0.25, 0.3) is 0 Å². The maximum Gasteiger partial charge on any atom is 0.165 e. The third-order valence-electron chi connectivity index (χ3n) is 3.52. The van der Waals surface area contributed by atoms with E-state index in [2.05, 4.69) is 26.2 Å². The zero-order valence-corrected chi connectivity index (χ0v) is 13.2. The number of rotatable bonds is 3. The first-order chi connectivity index (χ1) is 10.1. The quantitative estimate of drug-likeness (QED) is 0.729. The van der Waals surface area contributed by atoms with Crippen LogP contribution in [0.25, 0.3) is 0 Å². The maximum atomic E-state index is 9.29. The van der Waals surface area contributed by atoms with E-state index in [4.69, 9.17) is 11.5 Å². The Morgan fingerprint density at radius 2 is 1.86 bits per heavy atom. The predicted octanol–water partition coefficient (Wildman–Crippen LogP) is 2.17. The average molecular weight is 348 g/mol. The fourth-order valence-corrected chi connectivity index (χ4v) is 2.54. The number of allylic oxidation sites excluding steroid dienone is 2. The van der Waals surface area contributed by atoms with Gasteiger partial charge in [-0.2, -0.15) is 5.26 Å². The van der Waals surface area contributed by atoms with Crippen LogP contribution in [-0.2, 0) is 0 Å². The summed E-state index contributed by atoms with van der Waals surface area (Å²) in [5, 5.41) is 12.6. The molecule has 5 N–H and O–H groups in total. The standard InChI is InChI=1S/C15H18BrN5/c16-11-1-3-12(4-2-11)21-13(9-17)15(19)14(18)10-5-7-20-8-6-10/h1-4,10,20H,5-8,18-19H2/b15-14+,21-13?. The minimum atomic E-state index is 0.174. The Kier molecular flexibility index (Phi) is 5.37. The van der Waals surface area contributed by atoms with Gasteiger partial charge in [-0.05, 0) is 50.2 Å². The molecule has 110 valence electrons. The molecule has 0 radical (unpaired) electrons. The molecule has 1 aromatic carbocycles. The van der Waals surface area contributed by atoms with E-state index in [0.717, 1.165) is 30.4 Å². The Morgan fingerprint density at radius 1 is 1.24 bits per heavy atom. The monoisotopic (exact) mass is 347 g/mol. The lowest BCUT2D eigenvalue weighted by molar-refractivity contribution is 0.415. The zero-order chi connectivity index (χ0) is 15.2. The van der Waals surface area contributed by atoms with Crippen molar-refractivity contribution in [2.24, 2.45) is 22.4 Å². The normalized spacial score (nSPS) is 18.0. The summed E-state index contributed by atoms with van der Waals surface area (Å²) in [5.74, 6) is 0.217. The van der Waals surface area contributed by atoms with Gasteiger partial charge in [-0.1, -0.05) is 15.9 Å². The van der Waals surface area contributed by atoms with Crippen LogP contribution in [0.4, 0.5) is 5.69 Å². The van der Waals surface area contributed by atoms with Crippen LogP contribution in [-0.4, -0.2) is 18.8 Å². The van der Waals surface area contributed by atoms with Crippen LogP contribution in [0, 0.1) is 17.2 Å². The third-order valence-corrected chi connectivity index (χ3v) is 4.05. The highest BCUT2D eigenvalue weighted by atomic mass is 79.9. The first-order valence-corrected chi connectivity index (χ1v) is 7.61. The van der Waals surface area contributed by atoms with Crippen LogP contribution in [0.5, 0.6) is 0 Å². The Labute approximate surface area is 132 Å². The summed E-state index contributed by atoms with van der Waals surface area (Å²) in [6.07, 6.45) is 1.87. The molecule has 1 aliphatic rings. The molecule has 21 heavy (non-hydrogen) atoms. The Hall–Kier alpha value is -1.84. The lowest BCUT2D eigenvalue weighted by atomic mass is 9.93. The lowest BCUT2D eigenvalue weighted by Crippen LogP contribution is -2.32. The molecule has 5 nitrogen and oxygen atoms in total. The Bertz CT molecular complexity index is 591. The largest absolute Gasteiger partial charge is 0.400 e. The summed E-state index contributed by atoms with van der Waals surface area (Å²) >= 11 is 3.36. The molecular weight excluding hydrogens is 330 g/mol. The van der Waals surface area contributed by atoms with Crippen molar-refractivity contribution < 1.29 is 0 Å². The van der Waals surface area contributed by atoms with Crippen LogP contribution in [0.1, 0.15) is 12.8 Å². The number of nitrogens with zero attached hydrogens (tertiary/aromatic N) is 2. The second-order valence-corrected chi connectivity index (χ2v) is 5.86. The molecular formula is C15H18BrN5. The highest BCUT2D eigenvalue weighted by molar-refractivity contribution is 9.10. The second-order valence-electron chi connectivity index (χ2n) is 4.94. The van der Waals surface area contributed by atoms with Crippen LogP contribution < -0.4 is 16.8 Å². The molecule has 0 spiro atoms. The molecule has 2 rings (SSSR count). The van der Waals surface area contributed by atoms with Crippen LogP contribution in [0.2, 0.25) is 0 Å². The molecule has 0 atom stereocenters. The van der Waals surface area contributed by atoms with Gasteiger partial charge in [0.15, 0.2) is 5.71 Å². The van der Waals surface area contributed by atoms with Gasteiger partial charge in [-0.15, -0.1) is 0 Å². The molecule has 0 unspecified atom stereocenters. The SMILES string of the molecule is N#CC(=Nc1ccc(Br)cc1)/C(N)=C(\N)C1CCNCC1. The Balaban J connectivity index is 2.27. The number of hydrogen-bond donors (Lipinski definition) is 3. The van der Waals surface area contributed by atoms with E-state index >= 15 is 0 Å². The molecule has 0 saturated carbocycles. The van der Waals surface area contributed by atoms with Crippen molar-refractivity contribution in [1.82, 2.24) is 5.32 Å². The first kappa shape index (κ1) is 15.5. The number of hydrogen-bond acceptors (Lipinski definition) is 5. The van der Waals surface area contributed by atoms with Crippen molar-refractivity contribution in [3.8, 4) is 6.07 Å². The summed E-state index contributed by atoms with van der Waals surface area (Å²) in [6, 6.07) is 9.40. The summed E-state index contributed by atoms with van der Waals surface area (Å²) in [7, 11) is 0. The third kappa shape index (κ3) is 4.06. The van der Waals surface area contributed by atoms with Crippen LogP contribution in [0.3, 0.4) is 0 Å². The van der Waals surface area contributed by atoms with Gasteiger partial charge in [-0.25, -0.2) is 4.99 Å². The molecule has 1 heterocycles. The molecule has 0 bridgehead atoms. The first-order valence-electron chi connectivity index (χ1n) is 6.82. The van der Waals surface area contributed by atoms with Crippen LogP contribution >= 0.6 is 15.9 Å². The Morgan fingerprint density at radius 3 is 2.43 bits per heavy atom. The van der Waals surface area contributed by atoms with Gasteiger partial charge in [-0.3, -0.25) is 0 Å². The molecule has 1 saturated heterocycles. The average Bonchev–Trinajstić information content (AvgIpc) is 2.54. The van der Waals surface area contributed by atoms with Crippen molar-refractivity contribution in [2.45, 2.75) is 12.8 Å². The van der Waals surface area contributed by atoms with Crippen molar-refractivity contribution in [2.75, 3.05) is 13.1 Å². The maximum absolute atomic E-state index is 9.29. The smallest absolute Gasteiger partial charge is 0.165 e. The number of halogens is 1. The number of piperidine rings is 1. The van der Waals surface area contributed by atoms with Crippen molar-refractivity contribution in [3.05, 3.63) is 40.1 Å². The minimum absolute atomic E-state index is 0.174. The molecule has 1 aromatic rings. The molecule has 6 heteroatoms. The summed E-state index contributed by atoms with van der Waals surface area (Å²) in [4.78, 5) is 4.29. The van der Waals surface area contributed by atoms with Crippen molar-refractivity contribution in [1.29, 1.82) is 5.26 Å². The van der Waals surface area contributed by atoms with E-state index in [1.165, 1.54) is 0 Å². The second kappa shape index (κ2) is 7.25. The number of nitriles is 1. The number of benzene rings is 1. The van der Waals surface area contributed by atoms with Gasteiger partial charge in [0.1, 0.15) is 6.07 Å². The van der Waals surface area contributed by atoms with Crippen molar-refractivity contribution in [3.63, 3.8) is 0 Å². The summed E-state index contributed by atoms with van der Waals surface area (Å²) < 4.78 is 0.956. The van der Waals surface area contributed by atoms with E-state index in [9.17, 15) is 5.26 Å². The van der Waals surface area contributed by atoms with Crippen molar-refractivity contribution >= 4 is 27.3 Å². The van der Waals surface area contributed by atoms with E-state index < -0.39 is 0 Å². The zero-order valence-electron chi connectivity index (χ0n) is 11.6. The topological polar surface area (TPSA) is 100 Å². The van der Waals surface area contributed by atoms with E-state index in [1.54, 1.807) is 0 Å². The van der Waals surface area contributed by atoms with E-state index in [1.807, 2.05) is 30.3 Å².